The predicted molar refractivity (Wildman–Crippen MR) is 553 cm³/mol. The van der Waals surface area contributed by atoms with Gasteiger partial charge in [-0.05, 0) is 374 Å². The average Bonchev–Trinajstić information content (AvgIpc) is 0.785. The number of ether oxygens (including phenoxy) is 8. The van der Waals surface area contributed by atoms with Gasteiger partial charge in [-0.1, -0.05) is 103 Å². The lowest BCUT2D eigenvalue weighted by molar-refractivity contribution is -0.0987. The summed E-state index contributed by atoms with van der Waals surface area (Å²) in [5.74, 6) is -1.02. The van der Waals surface area contributed by atoms with Gasteiger partial charge < -0.3 is 57.1 Å². The van der Waals surface area contributed by atoms with E-state index in [9.17, 15) is 26.3 Å². The second-order valence-corrected chi connectivity index (χ2v) is 33.2. The molecule has 6 unspecified atom stereocenters. The minimum atomic E-state index is -0.209. The van der Waals surface area contributed by atoms with Crippen LogP contribution in [0.5, 0.6) is 0 Å². The minimum Gasteiger partial charge on any atom is -0.380 e. The fourth-order valence-electron chi connectivity index (χ4n) is 14.7. The maximum absolute atomic E-state index is 14.4. The molecule has 12 aromatic carbocycles. The topological polar surface area (TPSA) is 142 Å². The van der Waals surface area contributed by atoms with E-state index in [2.05, 4.69) is 125 Å². The smallest absolute Gasteiger partial charge is 0.131 e. The molecule has 24 heteroatoms. The molecule has 132 heavy (non-hydrogen) atoms. The highest BCUT2D eigenvalue weighted by atomic mass is 31.0. The predicted octanol–water partition coefficient (Wildman–Crippen LogP) is 26.7. The fraction of sp³-hybridized carbons (Fsp3) is 0.296. The second-order valence-electron chi connectivity index (χ2n) is 30.8. The van der Waals surface area contributed by atoms with Gasteiger partial charge in [0.25, 0.3) is 0 Å². The van der Waals surface area contributed by atoms with Gasteiger partial charge in [0.2, 0.25) is 0 Å². The molecule has 0 amide bonds. The van der Waals surface area contributed by atoms with E-state index >= 15 is 0 Å². The van der Waals surface area contributed by atoms with E-state index in [0.29, 0.717) is 93.0 Å². The SMILES string of the molecule is C=O.C=O.C=O.C=O.COCc1cc(-c2cc(C)c(CP)c(F)c2)ccc1C.COCc1cc(-c2cc(C)c(CP)cc2F)ccc1C.COCc1cc(-c2cc(F)c(CP)cc2COC)ccc1C.COCc1cc(-c2ccc(C)c(F)c2)c(COC)cc1CP.COCc1cc(-c2ccc(C)cc2F)c(COC)cc1CP.Cc1ccc(-c2c(C)cc(CP)cc2C)cc1F. The molecule has 0 bridgehead atoms. The average molecular weight is 1920 g/mol. The van der Waals surface area contributed by atoms with Crippen LogP contribution in [0, 0.1) is 104 Å². The normalized spacial score (nSPS) is 10.3. The molecule has 0 heterocycles. The third kappa shape index (κ3) is 34.5. The summed E-state index contributed by atoms with van der Waals surface area (Å²) in [5.41, 5.74) is 35.8. The molecule has 0 aliphatic rings. The van der Waals surface area contributed by atoms with Gasteiger partial charge in [-0.15, -0.1) is 55.4 Å². The van der Waals surface area contributed by atoms with E-state index in [1.807, 2.05) is 153 Å². The Hall–Kier alpha value is -8.84. The minimum absolute atomic E-state index is 0.135. The van der Waals surface area contributed by atoms with Crippen LogP contribution in [0.1, 0.15) is 134 Å². The third-order valence-corrected chi connectivity index (χ3v) is 24.3. The molecule has 0 aliphatic heterocycles. The maximum Gasteiger partial charge on any atom is 0.131 e. The van der Waals surface area contributed by atoms with Crippen LogP contribution in [-0.4, -0.2) is 84.0 Å². The van der Waals surface area contributed by atoms with Crippen molar-refractivity contribution >= 4 is 82.6 Å². The van der Waals surface area contributed by atoms with Crippen LogP contribution in [0.3, 0.4) is 0 Å². The summed E-state index contributed by atoms with van der Waals surface area (Å²) in [4.78, 5) is 32.0. The van der Waals surface area contributed by atoms with Gasteiger partial charge in [-0.2, -0.15) is 0 Å². The van der Waals surface area contributed by atoms with Crippen molar-refractivity contribution in [1.82, 2.24) is 0 Å². The Kier molecular flexibility index (Phi) is 55.7. The molecule has 6 atom stereocenters. The maximum atomic E-state index is 14.4. The molecule has 0 saturated carbocycles. The van der Waals surface area contributed by atoms with Crippen LogP contribution in [0.25, 0.3) is 66.8 Å². The lowest BCUT2D eigenvalue weighted by Crippen LogP contribution is -2.01. The van der Waals surface area contributed by atoms with E-state index in [-0.39, 0.29) is 34.9 Å². The molecular formula is C108H132F6O12P6. The first-order valence-electron chi connectivity index (χ1n) is 42.1. The summed E-state index contributed by atoms with van der Waals surface area (Å²) < 4.78 is 127. The van der Waals surface area contributed by atoms with E-state index in [1.165, 1.54) is 38.9 Å². The first-order valence-corrected chi connectivity index (χ1v) is 47.0. The number of carbonyl (C=O) groups is 4. The summed E-state index contributed by atoms with van der Waals surface area (Å²) in [5, 5.41) is 0. The Morgan fingerprint density at radius 2 is 0.561 bits per heavy atom. The van der Waals surface area contributed by atoms with Crippen LogP contribution >= 0.6 is 55.4 Å². The Labute approximate surface area is 794 Å². The van der Waals surface area contributed by atoms with Crippen LogP contribution < -0.4 is 0 Å². The van der Waals surface area contributed by atoms with Crippen molar-refractivity contribution in [2.24, 2.45) is 0 Å². The molecule has 0 N–H and O–H groups in total. The molecule has 708 valence electrons. The highest BCUT2D eigenvalue weighted by Crippen LogP contribution is 2.38. The zero-order valence-electron chi connectivity index (χ0n) is 79.7. The monoisotopic (exact) mass is 1920 g/mol. The summed E-state index contributed by atoms with van der Waals surface area (Å²) in [6.07, 6.45) is 4.62. The number of benzene rings is 12. The number of aryl methyl sites for hydroxylation is 10. The second kappa shape index (κ2) is 62.7. The molecule has 0 aromatic heterocycles. The van der Waals surface area contributed by atoms with Gasteiger partial charge in [-0.25, -0.2) is 26.3 Å². The van der Waals surface area contributed by atoms with Crippen LogP contribution in [0.15, 0.2) is 182 Å². The van der Waals surface area contributed by atoms with Gasteiger partial charge in [0, 0.05) is 68.0 Å². The van der Waals surface area contributed by atoms with Crippen molar-refractivity contribution in [3.63, 3.8) is 0 Å². The molecule has 0 radical (unpaired) electrons. The number of hydrogen-bond donors (Lipinski definition) is 0. The van der Waals surface area contributed by atoms with Gasteiger partial charge >= 0.3 is 0 Å². The molecule has 12 aromatic rings. The lowest BCUT2D eigenvalue weighted by atomic mass is 9.93. The third-order valence-electron chi connectivity index (χ3n) is 21.6. The summed E-state index contributed by atoms with van der Waals surface area (Å²) in [6.45, 7) is 31.9. The summed E-state index contributed by atoms with van der Waals surface area (Å²) >= 11 is 0. The molecule has 12 rings (SSSR count). The Morgan fingerprint density at radius 1 is 0.212 bits per heavy atom. The summed E-state index contributed by atoms with van der Waals surface area (Å²) in [6, 6.07) is 57.8. The van der Waals surface area contributed by atoms with Gasteiger partial charge in [0.15, 0.2) is 0 Å². The molecule has 0 saturated heterocycles. The zero-order chi connectivity index (χ0) is 99.0. The molecule has 0 spiro atoms. The van der Waals surface area contributed by atoms with E-state index in [1.54, 1.807) is 113 Å². The van der Waals surface area contributed by atoms with E-state index in [0.717, 1.165) is 158 Å². The standard InChI is InChI=1S/3C18H22FO2P.2C17H20FOP.C16H18FP.4CH2O/c1-12-4-5-13(8-18(12)19)17-7-14(9-20-2)16(11-22)6-15(17)10-21-3;1-12-4-5-13(6-14(12)9-20-2)17-8-18(19)16(11-22)7-15(17)10-21-3;1-12-4-5-16(18(19)6-12)17-8-13(9-20-2)15(11-22)7-14(17)10-21-3;1-11-4-5-13(7-14(11)9-19-3)16-6-12(2)15(10-20)8-17(16)18;1-11-4-5-13(7-15(11)9-19-3)14-6-12(2)16(10-20)17(18)8-14;1-10-4-5-14(8-15(10)17)16-11(2)6-13(9-18)7-12(16)3;4*1-2/h3*4-8H,9-11,22H2,1-3H3;2*4-8H,9-10,20H2,1-3H3;4-8H,9,18H2,1-3H3;4*1H2. The Balaban J connectivity index is 0.000000402. The van der Waals surface area contributed by atoms with Gasteiger partial charge in [0.05, 0.1) is 52.9 Å². The number of carbonyl (C=O) groups excluding carboxylic acids is 4. The highest BCUT2D eigenvalue weighted by molar-refractivity contribution is 7.16. The Bertz CT molecular complexity index is 5580. The molecular weight excluding hydrogens is 1790 g/mol. The number of methoxy groups -OCH3 is 8. The van der Waals surface area contributed by atoms with Crippen molar-refractivity contribution in [1.29, 1.82) is 0 Å². The number of halogens is 6. The number of rotatable bonds is 28. The molecule has 0 aliphatic carbocycles. The first kappa shape index (κ1) is 117. The number of hydrogen-bond acceptors (Lipinski definition) is 12. The van der Waals surface area contributed by atoms with E-state index in [4.69, 9.17) is 57.1 Å². The first-order chi connectivity index (χ1) is 63.4. The van der Waals surface area contributed by atoms with Crippen molar-refractivity contribution in [2.45, 2.75) is 159 Å². The highest BCUT2D eigenvalue weighted by Gasteiger charge is 2.20. The lowest BCUT2D eigenvalue weighted by Gasteiger charge is -2.16. The van der Waals surface area contributed by atoms with Crippen molar-refractivity contribution < 1.29 is 83.4 Å². The molecule has 0 fully saturated rings. The van der Waals surface area contributed by atoms with Gasteiger partial charge in [0.1, 0.15) is 62.1 Å². The van der Waals surface area contributed by atoms with Crippen LogP contribution in [0.4, 0.5) is 26.3 Å². The zero-order valence-corrected chi connectivity index (χ0v) is 86.6. The Morgan fingerprint density at radius 3 is 0.970 bits per heavy atom. The summed E-state index contributed by atoms with van der Waals surface area (Å²) in [7, 11) is 29.3. The quantitative estimate of drug-likeness (QED) is 0.0340. The van der Waals surface area contributed by atoms with Gasteiger partial charge in [-0.3, -0.25) is 0 Å². The molecule has 12 nitrogen and oxygen atoms in total. The van der Waals surface area contributed by atoms with E-state index < -0.39 is 0 Å². The van der Waals surface area contributed by atoms with Crippen molar-refractivity contribution in [3.05, 3.63) is 350 Å². The van der Waals surface area contributed by atoms with Crippen molar-refractivity contribution in [2.75, 3.05) is 56.9 Å². The largest absolute Gasteiger partial charge is 0.380 e. The fourth-order valence-corrected chi connectivity index (χ4v) is 16.9. The van der Waals surface area contributed by atoms with Crippen LogP contribution in [0.2, 0.25) is 0 Å². The van der Waals surface area contributed by atoms with Crippen LogP contribution in [-0.2, 0) is 147 Å². The van der Waals surface area contributed by atoms with Crippen molar-refractivity contribution in [3.8, 4) is 66.8 Å².